The van der Waals surface area contributed by atoms with Crippen molar-refractivity contribution in [1.82, 2.24) is 10.2 Å². The van der Waals surface area contributed by atoms with E-state index in [0.717, 1.165) is 22.0 Å². The number of anilines is 1. The molecule has 1 heterocycles. The average Bonchev–Trinajstić information content (AvgIpc) is 3.10. The Balaban J connectivity index is 1.57. The smallest absolute Gasteiger partial charge is 0.264 e. The van der Waals surface area contributed by atoms with Gasteiger partial charge in [0.2, 0.25) is 11.8 Å². The Morgan fingerprint density at radius 1 is 0.896 bits per heavy atom. The maximum atomic E-state index is 14.6. The van der Waals surface area contributed by atoms with Crippen molar-refractivity contribution in [2.45, 2.75) is 50.2 Å². The number of benzene rings is 4. The summed E-state index contributed by atoms with van der Waals surface area (Å²) in [6.07, 6.45) is 0.842. The highest BCUT2D eigenvalue weighted by Gasteiger charge is 2.35. The molecule has 0 bridgehead atoms. The predicted octanol–water partition coefficient (Wildman–Crippen LogP) is 6.00. The molecule has 0 spiro atoms. The van der Waals surface area contributed by atoms with E-state index in [4.69, 9.17) is 21.1 Å². The van der Waals surface area contributed by atoms with Crippen LogP contribution in [-0.4, -0.2) is 57.0 Å². The summed E-state index contributed by atoms with van der Waals surface area (Å²) in [5.41, 5.74) is 1.56. The standard InChI is InChI=1S/C36H37ClFN3O6S/c1-3-25(2)39-36(43)32(21-26-7-5-4-6-8-26)40(23-27-9-11-28(37)12-10-27)35(42)24-41(30-15-13-29(38)14-16-30)48(44,45)31-17-18-33-34(22-31)47-20-19-46-33/h4-18,22,25,32H,3,19-21,23-24H2,1-2H3,(H,39,43). The van der Waals surface area contributed by atoms with Gasteiger partial charge < -0.3 is 19.7 Å². The first-order valence-electron chi connectivity index (χ1n) is 15.6. The van der Waals surface area contributed by atoms with Crippen molar-refractivity contribution in [3.8, 4) is 11.5 Å². The molecule has 0 saturated carbocycles. The first-order chi connectivity index (χ1) is 23.0. The first-order valence-corrected chi connectivity index (χ1v) is 17.4. The van der Waals surface area contributed by atoms with Crippen LogP contribution in [0, 0.1) is 5.82 Å². The summed E-state index contributed by atoms with van der Waals surface area (Å²) in [5, 5.41) is 3.50. The van der Waals surface area contributed by atoms with Gasteiger partial charge in [-0.2, -0.15) is 0 Å². The zero-order chi connectivity index (χ0) is 34.3. The van der Waals surface area contributed by atoms with Crippen LogP contribution in [0.4, 0.5) is 10.1 Å². The lowest BCUT2D eigenvalue weighted by Gasteiger charge is -2.34. The number of ether oxygens (including phenoxy) is 2. The van der Waals surface area contributed by atoms with Crippen LogP contribution in [0.3, 0.4) is 0 Å². The zero-order valence-electron chi connectivity index (χ0n) is 26.6. The van der Waals surface area contributed by atoms with Gasteiger partial charge in [0.15, 0.2) is 11.5 Å². The minimum atomic E-state index is -4.43. The SMILES string of the molecule is CCC(C)NC(=O)C(Cc1ccccc1)N(Cc1ccc(Cl)cc1)C(=O)CN(c1ccc(F)cc1)S(=O)(=O)c1ccc2c(c1)OCCO2. The monoisotopic (exact) mass is 693 g/mol. The summed E-state index contributed by atoms with van der Waals surface area (Å²) in [5.74, 6) is -0.943. The molecule has 48 heavy (non-hydrogen) atoms. The van der Waals surface area contributed by atoms with Gasteiger partial charge >= 0.3 is 0 Å². The van der Waals surface area contributed by atoms with Gasteiger partial charge in [-0.25, -0.2) is 12.8 Å². The molecule has 0 aliphatic carbocycles. The van der Waals surface area contributed by atoms with Gasteiger partial charge in [-0.3, -0.25) is 13.9 Å². The van der Waals surface area contributed by atoms with Crippen LogP contribution in [0.5, 0.6) is 11.5 Å². The van der Waals surface area contributed by atoms with Crippen molar-refractivity contribution in [2.24, 2.45) is 0 Å². The normalized spacial score (nSPS) is 13.7. The van der Waals surface area contributed by atoms with E-state index in [0.29, 0.717) is 29.4 Å². The number of hydrogen-bond acceptors (Lipinski definition) is 6. The lowest BCUT2D eigenvalue weighted by atomic mass is 10.0. The molecular weight excluding hydrogens is 657 g/mol. The maximum absolute atomic E-state index is 14.6. The summed E-state index contributed by atoms with van der Waals surface area (Å²) in [4.78, 5) is 29.7. The molecule has 4 aromatic rings. The van der Waals surface area contributed by atoms with E-state index < -0.39 is 34.3 Å². The summed E-state index contributed by atoms with van der Waals surface area (Å²) in [7, 11) is -4.43. The van der Waals surface area contributed by atoms with Gasteiger partial charge in [-0.1, -0.05) is 61.0 Å². The minimum Gasteiger partial charge on any atom is -0.486 e. The third kappa shape index (κ3) is 8.45. The predicted molar refractivity (Wildman–Crippen MR) is 182 cm³/mol. The van der Waals surface area contributed by atoms with Crippen LogP contribution in [0.15, 0.2) is 102 Å². The molecule has 2 atom stereocenters. The number of hydrogen-bond donors (Lipinski definition) is 1. The third-order valence-electron chi connectivity index (χ3n) is 8.03. The Morgan fingerprint density at radius 2 is 1.56 bits per heavy atom. The number of nitrogens with one attached hydrogen (secondary N) is 1. The fourth-order valence-corrected chi connectivity index (χ4v) is 6.79. The van der Waals surface area contributed by atoms with E-state index in [1.54, 1.807) is 24.3 Å². The number of nitrogens with zero attached hydrogens (tertiary/aromatic N) is 2. The molecule has 5 rings (SSSR count). The van der Waals surface area contributed by atoms with Crippen LogP contribution in [-0.2, 0) is 32.6 Å². The number of rotatable bonds is 13. The number of fused-ring (bicyclic) bond motifs is 1. The van der Waals surface area contributed by atoms with Gasteiger partial charge in [0.05, 0.1) is 10.6 Å². The Hall–Kier alpha value is -4.61. The van der Waals surface area contributed by atoms with Gasteiger partial charge in [0, 0.05) is 30.1 Å². The van der Waals surface area contributed by atoms with Crippen LogP contribution in [0.1, 0.15) is 31.4 Å². The number of halogens is 2. The van der Waals surface area contributed by atoms with Crippen molar-refractivity contribution in [1.29, 1.82) is 0 Å². The number of carbonyl (C=O) groups is 2. The van der Waals surface area contributed by atoms with Gasteiger partial charge in [0.25, 0.3) is 10.0 Å². The molecular formula is C36H37ClFN3O6S. The van der Waals surface area contributed by atoms with E-state index in [1.807, 2.05) is 44.2 Å². The first kappa shape index (κ1) is 34.7. The van der Waals surface area contributed by atoms with Crippen LogP contribution < -0.4 is 19.1 Å². The molecule has 0 radical (unpaired) electrons. The molecule has 2 unspecified atom stereocenters. The lowest BCUT2D eigenvalue weighted by Crippen LogP contribution is -2.54. The highest BCUT2D eigenvalue weighted by molar-refractivity contribution is 7.92. The van der Waals surface area contributed by atoms with E-state index in [-0.39, 0.29) is 47.9 Å². The molecule has 9 nitrogen and oxygen atoms in total. The fourth-order valence-electron chi connectivity index (χ4n) is 5.23. The molecule has 1 N–H and O–H groups in total. The van der Waals surface area contributed by atoms with Crippen molar-refractivity contribution in [2.75, 3.05) is 24.1 Å². The Labute approximate surface area is 285 Å². The van der Waals surface area contributed by atoms with Crippen molar-refractivity contribution < 1.29 is 31.9 Å². The maximum Gasteiger partial charge on any atom is 0.264 e. The number of carbonyl (C=O) groups excluding carboxylic acids is 2. The zero-order valence-corrected chi connectivity index (χ0v) is 28.2. The third-order valence-corrected chi connectivity index (χ3v) is 10.1. The quantitative estimate of drug-likeness (QED) is 0.184. The Morgan fingerprint density at radius 3 is 2.23 bits per heavy atom. The molecule has 0 aromatic heterocycles. The molecule has 0 fully saturated rings. The molecule has 4 aromatic carbocycles. The second-order valence-corrected chi connectivity index (χ2v) is 13.8. The van der Waals surface area contributed by atoms with E-state index >= 15 is 0 Å². The molecule has 1 aliphatic rings. The van der Waals surface area contributed by atoms with Gasteiger partial charge in [0.1, 0.15) is 31.6 Å². The highest BCUT2D eigenvalue weighted by Crippen LogP contribution is 2.34. The van der Waals surface area contributed by atoms with Crippen molar-refractivity contribution in [3.05, 3.63) is 119 Å². The van der Waals surface area contributed by atoms with Gasteiger partial charge in [-0.05, 0) is 73.0 Å². The Bertz CT molecular complexity index is 1830. The second-order valence-electron chi connectivity index (χ2n) is 11.5. The summed E-state index contributed by atoms with van der Waals surface area (Å²) in [6.45, 7) is 3.70. The lowest BCUT2D eigenvalue weighted by molar-refractivity contribution is -0.140. The molecule has 1 aliphatic heterocycles. The average molecular weight is 694 g/mol. The van der Waals surface area contributed by atoms with E-state index in [2.05, 4.69) is 5.32 Å². The minimum absolute atomic E-state index is 0.0112. The van der Waals surface area contributed by atoms with Crippen LogP contribution >= 0.6 is 11.6 Å². The van der Waals surface area contributed by atoms with Crippen molar-refractivity contribution in [3.63, 3.8) is 0 Å². The van der Waals surface area contributed by atoms with Crippen molar-refractivity contribution >= 4 is 39.1 Å². The number of amides is 2. The molecule has 2 amide bonds. The van der Waals surface area contributed by atoms with Gasteiger partial charge in [-0.15, -0.1) is 0 Å². The fraction of sp³-hybridized carbons (Fsp3) is 0.278. The van der Waals surface area contributed by atoms with E-state index in [1.165, 1.54) is 35.2 Å². The van der Waals surface area contributed by atoms with Crippen LogP contribution in [0.2, 0.25) is 5.02 Å². The number of sulfonamides is 1. The molecule has 252 valence electrons. The van der Waals surface area contributed by atoms with E-state index in [9.17, 15) is 22.4 Å². The second kappa shape index (κ2) is 15.5. The summed E-state index contributed by atoms with van der Waals surface area (Å²) in [6, 6.07) is 24.0. The molecule has 0 saturated heterocycles. The summed E-state index contributed by atoms with van der Waals surface area (Å²) >= 11 is 6.14. The summed E-state index contributed by atoms with van der Waals surface area (Å²) < 4.78 is 54.7. The van der Waals surface area contributed by atoms with Crippen LogP contribution in [0.25, 0.3) is 0 Å². The largest absolute Gasteiger partial charge is 0.486 e. The highest BCUT2D eigenvalue weighted by atomic mass is 35.5. The molecule has 12 heteroatoms. The topological polar surface area (TPSA) is 105 Å². The Kier molecular flexibility index (Phi) is 11.2.